The number of hydrogen-bond acceptors (Lipinski definition) is 7. The van der Waals surface area contributed by atoms with Crippen LogP contribution in [0.25, 0.3) is 0 Å². The lowest BCUT2D eigenvalue weighted by Crippen LogP contribution is -2.14. The fraction of sp³-hybridized carbons (Fsp3) is 0.200. The van der Waals surface area contributed by atoms with Gasteiger partial charge < -0.3 is 10.9 Å². The summed E-state index contributed by atoms with van der Waals surface area (Å²) in [4.78, 5) is 9.16. The third-order valence-corrected chi connectivity index (χ3v) is 3.97. The van der Waals surface area contributed by atoms with E-state index in [-0.39, 0.29) is 5.84 Å². The van der Waals surface area contributed by atoms with Crippen LogP contribution in [-0.4, -0.2) is 25.4 Å². The van der Waals surface area contributed by atoms with Crippen molar-refractivity contribution >= 4 is 29.1 Å². The molecule has 0 saturated carbocycles. The quantitative estimate of drug-likeness (QED) is 0.383. The van der Waals surface area contributed by atoms with Gasteiger partial charge in [-0.3, -0.25) is 4.98 Å². The largest absolute Gasteiger partial charge is 0.409 e. The van der Waals surface area contributed by atoms with Gasteiger partial charge in [-0.1, -0.05) is 23.8 Å². The number of oxime groups is 1. The molecule has 0 radical (unpaired) electrons. The van der Waals surface area contributed by atoms with Crippen LogP contribution in [-0.2, 0) is 6.42 Å². The lowest BCUT2D eigenvalue weighted by atomic mass is 10.2. The molecule has 2 rings (SSSR count). The van der Waals surface area contributed by atoms with Gasteiger partial charge in [0.2, 0.25) is 0 Å². The smallest absolute Gasteiger partial charge is 0.174 e. The Morgan fingerprint density at radius 2 is 2.44 bits per heavy atom. The van der Waals surface area contributed by atoms with E-state index < -0.39 is 0 Å². The maximum Gasteiger partial charge on any atom is 0.174 e. The van der Waals surface area contributed by atoms with E-state index in [1.54, 1.807) is 18.5 Å². The number of hydrogen-bond donors (Lipinski definition) is 2. The van der Waals surface area contributed by atoms with Gasteiger partial charge in [-0.15, -0.1) is 0 Å². The fourth-order valence-corrected chi connectivity index (χ4v) is 3.01. The number of amidine groups is 1. The Balaban J connectivity index is 2.28. The van der Waals surface area contributed by atoms with Gasteiger partial charge in [0.25, 0.3) is 0 Å². The Kier molecular flexibility index (Phi) is 4.11. The maximum atomic E-state index is 8.73. The Bertz CT molecular complexity index is 569. The predicted octanol–water partition coefficient (Wildman–Crippen LogP) is 1.74. The van der Waals surface area contributed by atoms with Gasteiger partial charge >= 0.3 is 0 Å². The molecule has 0 unspecified atom stereocenters. The van der Waals surface area contributed by atoms with Crippen molar-refractivity contribution in [3.8, 4) is 0 Å². The van der Waals surface area contributed by atoms with Crippen LogP contribution >= 0.6 is 23.3 Å². The van der Waals surface area contributed by atoms with Gasteiger partial charge in [-0.25, -0.2) is 4.98 Å². The normalized spacial score (nSPS) is 11.7. The third-order valence-electron chi connectivity index (χ3n) is 2.13. The Morgan fingerprint density at radius 1 is 1.61 bits per heavy atom. The summed E-state index contributed by atoms with van der Waals surface area (Å²) in [5.74, 6) is 0.872. The van der Waals surface area contributed by atoms with Gasteiger partial charge in [0.1, 0.15) is 5.82 Å². The first-order valence-corrected chi connectivity index (χ1v) is 6.76. The monoisotopic (exact) mass is 281 g/mol. The summed E-state index contributed by atoms with van der Waals surface area (Å²) in [6.07, 6.45) is 4.05. The summed E-state index contributed by atoms with van der Waals surface area (Å²) in [6.45, 7) is 2.00. The number of nitrogens with two attached hydrogens (primary N) is 1. The first kappa shape index (κ1) is 12.8. The highest BCUT2D eigenvalue weighted by Gasteiger charge is 2.11. The molecule has 3 N–H and O–H groups in total. The van der Waals surface area contributed by atoms with Crippen molar-refractivity contribution in [2.45, 2.75) is 22.6 Å². The molecule has 8 heteroatoms. The van der Waals surface area contributed by atoms with Gasteiger partial charge in [-0.05, 0) is 17.6 Å². The topological polar surface area (TPSA) is 97.3 Å². The van der Waals surface area contributed by atoms with E-state index in [0.717, 1.165) is 21.5 Å². The van der Waals surface area contributed by atoms with Crippen LogP contribution in [0.15, 0.2) is 32.9 Å². The minimum Gasteiger partial charge on any atom is -0.409 e. The molecule has 2 aromatic rings. The van der Waals surface area contributed by atoms with Gasteiger partial charge in [0.15, 0.2) is 10.2 Å². The van der Waals surface area contributed by atoms with Crippen LogP contribution in [0.5, 0.6) is 0 Å². The summed E-state index contributed by atoms with van der Waals surface area (Å²) >= 11 is 2.73. The molecule has 6 nitrogen and oxygen atoms in total. The zero-order chi connectivity index (χ0) is 13.0. The van der Waals surface area contributed by atoms with E-state index in [2.05, 4.69) is 19.5 Å². The van der Waals surface area contributed by atoms with Crippen molar-refractivity contribution < 1.29 is 5.21 Å². The van der Waals surface area contributed by atoms with Crippen molar-refractivity contribution in [1.82, 2.24) is 14.3 Å². The highest BCUT2D eigenvalue weighted by atomic mass is 32.2. The number of aromatic nitrogens is 3. The van der Waals surface area contributed by atoms with Crippen LogP contribution < -0.4 is 5.73 Å². The summed E-state index contributed by atoms with van der Waals surface area (Å²) in [6, 6.07) is 1.69. The molecule has 0 aliphatic heterocycles. The van der Waals surface area contributed by atoms with E-state index in [9.17, 15) is 0 Å². The highest BCUT2D eigenvalue weighted by molar-refractivity contribution is 8.01. The van der Waals surface area contributed by atoms with E-state index in [0.29, 0.717) is 5.56 Å². The zero-order valence-corrected chi connectivity index (χ0v) is 11.2. The Labute approximate surface area is 112 Å². The van der Waals surface area contributed by atoms with Crippen LogP contribution in [0.1, 0.15) is 18.3 Å². The van der Waals surface area contributed by atoms with E-state index in [1.807, 2.05) is 6.92 Å². The summed E-state index contributed by atoms with van der Waals surface area (Å²) in [7, 11) is 0. The molecule has 2 heterocycles. The lowest BCUT2D eigenvalue weighted by Gasteiger charge is -2.04. The molecular formula is C10H11N5OS2. The molecule has 0 saturated heterocycles. The van der Waals surface area contributed by atoms with Crippen LogP contribution in [0.4, 0.5) is 0 Å². The highest BCUT2D eigenvalue weighted by Crippen LogP contribution is 2.30. The van der Waals surface area contributed by atoms with Crippen molar-refractivity contribution in [3.63, 3.8) is 0 Å². The second kappa shape index (κ2) is 5.78. The van der Waals surface area contributed by atoms with Gasteiger partial charge in [0, 0.05) is 29.3 Å². The molecule has 0 aliphatic carbocycles. The SMILES string of the molecule is CCc1nsc(Sc2cnccc2/C(N)=N/O)n1. The molecule has 0 fully saturated rings. The second-order valence-electron chi connectivity index (χ2n) is 3.29. The number of pyridine rings is 1. The van der Waals surface area contributed by atoms with Crippen LogP contribution in [0, 0.1) is 0 Å². The zero-order valence-electron chi connectivity index (χ0n) is 9.57. The van der Waals surface area contributed by atoms with E-state index in [1.165, 1.54) is 23.3 Å². The van der Waals surface area contributed by atoms with Crippen molar-refractivity contribution in [1.29, 1.82) is 0 Å². The predicted molar refractivity (Wildman–Crippen MR) is 70.2 cm³/mol. The molecule has 0 atom stereocenters. The number of rotatable bonds is 4. The van der Waals surface area contributed by atoms with Gasteiger partial charge in [-0.2, -0.15) is 4.37 Å². The molecule has 0 spiro atoms. The number of aryl methyl sites for hydroxylation is 1. The van der Waals surface area contributed by atoms with E-state index in [4.69, 9.17) is 10.9 Å². The second-order valence-corrected chi connectivity index (χ2v) is 5.33. The van der Waals surface area contributed by atoms with Crippen LogP contribution in [0.2, 0.25) is 0 Å². The summed E-state index contributed by atoms with van der Waals surface area (Å²) in [5, 5.41) is 11.7. The Morgan fingerprint density at radius 3 is 3.11 bits per heavy atom. The molecule has 0 bridgehead atoms. The molecule has 0 aromatic carbocycles. The first-order chi connectivity index (χ1) is 8.74. The van der Waals surface area contributed by atoms with E-state index >= 15 is 0 Å². The summed E-state index contributed by atoms with van der Waals surface area (Å²) in [5.41, 5.74) is 6.24. The van der Waals surface area contributed by atoms with Crippen LogP contribution in [0.3, 0.4) is 0 Å². The number of nitrogens with zero attached hydrogens (tertiary/aromatic N) is 4. The molecule has 0 amide bonds. The first-order valence-electron chi connectivity index (χ1n) is 5.17. The average Bonchev–Trinajstić information content (AvgIpc) is 2.86. The van der Waals surface area contributed by atoms with Crippen molar-refractivity contribution in [2.24, 2.45) is 10.9 Å². The molecule has 0 aliphatic rings. The lowest BCUT2D eigenvalue weighted by molar-refractivity contribution is 0.318. The molecular weight excluding hydrogens is 270 g/mol. The molecule has 94 valence electrons. The van der Waals surface area contributed by atoms with Crippen molar-refractivity contribution in [3.05, 3.63) is 29.8 Å². The average molecular weight is 281 g/mol. The van der Waals surface area contributed by atoms with Gasteiger partial charge in [0.05, 0.1) is 0 Å². The molecule has 18 heavy (non-hydrogen) atoms. The van der Waals surface area contributed by atoms with Crippen molar-refractivity contribution in [2.75, 3.05) is 0 Å². The standard InChI is InChI=1S/C10H11N5OS2/c1-2-8-13-10(18-15-8)17-7-5-12-4-3-6(7)9(11)14-16/h3-5,16H,2H2,1H3,(H2,11,14). The third kappa shape index (κ3) is 2.77. The maximum absolute atomic E-state index is 8.73. The minimum atomic E-state index is 0.0557. The summed E-state index contributed by atoms with van der Waals surface area (Å²) < 4.78 is 5.02. The molecule has 2 aromatic heterocycles. The minimum absolute atomic E-state index is 0.0557. The Hall–Kier alpha value is -1.67. The fourth-order valence-electron chi connectivity index (χ4n) is 1.24.